The molecule has 0 aromatic heterocycles. The number of nitrogens with zero attached hydrogens (tertiary/aromatic N) is 2. The number of carbonyl (C=O) groups is 2. The number of benzene rings is 2. The number of hydrogen-bond donors (Lipinski definition) is 0. The molecule has 7 heteroatoms. The average Bonchev–Trinajstić information content (AvgIpc) is 2.72. The van der Waals surface area contributed by atoms with Gasteiger partial charge in [0.1, 0.15) is 17.1 Å². The van der Waals surface area contributed by atoms with E-state index in [0.29, 0.717) is 11.4 Å². The smallest absolute Gasteiger partial charge is 0.342 e. The highest BCUT2D eigenvalue weighted by molar-refractivity contribution is 5.98. The zero-order valence-corrected chi connectivity index (χ0v) is 15.2. The lowest BCUT2D eigenvalue weighted by molar-refractivity contribution is -0.121. The third-order valence-electron chi connectivity index (χ3n) is 3.77. The van der Waals surface area contributed by atoms with Crippen molar-refractivity contribution in [1.82, 2.24) is 0 Å². The van der Waals surface area contributed by atoms with E-state index in [9.17, 15) is 9.59 Å². The minimum atomic E-state index is -0.684. The van der Waals surface area contributed by atoms with E-state index < -0.39 is 18.5 Å². The van der Waals surface area contributed by atoms with Crippen LogP contribution in [0, 0.1) is 11.3 Å². The molecule has 0 N–H and O–H groups in total. The molecule has 1 amide bonds. The van der Waals surface area contributed by atoms with Gasteiger partial charge in [-0.2, -0.15) is 5.26 Å². The Morgan fingerprint density at radius 1 is 1.07 bits per heavy atom. The Hall–Kier alpha value is -3.53. The molecular weight excluding hydrogens is 348 g/mol. The zero-order valence-electron chi connectivity index (χ0n) is 15.2. The molecule has 2 rings (SSSR count). The zero-order chi connectivity index (χ0) is 19.6. The van der Waals surface area contributed by atoms with Gasteiger partial charge in [-0.15, -0.1) is 0 Å². The summed E-state index contributed by atoms with van der Waals surface area (Å²) in [6.45, 7) is -0.239. The van der Waals surface area contributed by atoms with Gasteiger partial charge in [0.25, 0.3) is 5.91 Å². The van der Waals surface area contributed by atoms with Crippen molar-refractivity contribution in [1.29, 1.82) is 5.26 Å². The van der Waals surface area contributed by atoms with Crippen molar-refractivity contribution in [3.63, 3.8) is 0 Å². The van der Waals surface area contributed by atoms with Crippen molar-refractivity contribution in [2.45, 2.75) is 6.42 Å². The van der Waals surface area contributed by atoms with Gasteiger partial charge in [0.05, 0.1) is 26.7 Å². The van der Waals surface area contributed by atoms with Crippen molar-refractivity contribution in [3.05, 3.63) is 54.1 Å². The normalized spacial score (nSPS) is 9.81. The topological polar surface area (TPSA) is 88.9 Å². The van der Waals surface area contributed by atoms with E-state index in [2.05, 4.69) is 0 Å². The number of anilines is 1. The first-order valence-electron chi connectivity index (χ1n) is 8.22. The number of rotatable bonds is 8. The predicted molar refractivity (Wildman–Crippen MR) is 98.9 cm³/mol. The van der Waals surface area contributed by atoms with Crippen LogP contribution in [0.2, 0.25) is 0 Å². The first kappa shape index (κ1) is 19.8. The van der Waals surface area contributed by atoms with Crippen LogP contribution in [-0.4, -0.2) is 39.2 Å². The first-order valence-corrected chi connectivity index (χ1v) is 8.22. The molecule has 0 spiro atoms. The highest BCUT2D eigenvalue weighted by Gasteiger charge is 2.20. The summed E-state index contributed by atoms with van der Waals surface area (Å²) in [5.74, 6) is -0.282. The average molecular weight is 368 g/mol. The molecule has 0 aliphatic carbocycles. The minimum absolute atomic E-state index is 0.168. The second kappa shape index (κ2) is 9.82. The molecule has 0 fully saturated rings. The van der Waals surface area contributed by atoms with Gasteiger partial charge in [0.2, 0.25) is 0 Å². The van der Waals surface area contributed by atoms with Gasteiger partial charge in [-0.1, -0.05) is 18.2 Å². The standard InChI is InChI=1S/C20H20N2O5/c1-25-16-9-10-17(18(13-16)26-2)20(24)27-14-19(23)22(12-6-11-21)15-7-4-3-5-8-15/h3-5,7-10,13H,6,12,14H2,1-2H3. The monoisotopic (exact) mass is 368 g/mol. The Bertz CT molecular complexity index is 830. The highest BCUT2D eigenvalue weighted by atomic mass is 16.5. The number of ether oxygens (including phenoxy) is 3. The summed E-state index contributed by atoms with van der Waals surface area (Å²) in [4.78, 5) is 26.3. The van der Waals surface area contributed by atoms with E-state index in [1.165, 1.54) is 25.2 Å². The fraction of sp³-hybridized carbons (Fsp3) is 0.250. The maximum atomic E-state index is 12.5. The van der Waals surface area contributed by atoms with Crippen molar-refractivity contribution >= 4 is 17.6 Å². The summed E-state index contributed by atoms with van der Waals surface area (Å²) >= 11 is 0. The van der Waals surface area contributed by atoms with Crippen molar-refractivity contribution in [2.75, 3.05) is 32.3 Å². The minimum Gasteiger partial charge on any atom is -0.497 e. The van der Waals surface area contributed by atoms with Crippen LogP contribution in [-0.2, 0) is 9.53 Å². The number of hydrogen-bond acceptors (Lipinski definition) is 6. The predicted octanol–water partition coefficient (Wildman–Crippen LogP) is 2.81. The fourth-order valence-corrected chi connectivity index (χ4v) is 2.42. The van der Waals surface area contributed by atoms with E-state index in [4.69, 9.17) is 19.5 Å². The van der Waals surface area contributed by atoms with Crippen molar-refractivity contribution in [2.24, 2.45) is 0 Å². The first-order chi connectivity index (χ1) is 13.1. The van der Waals surface area contributed by atoms with Gasteiger partial charge in [-0.05, 0) is 24.3 Å². The van der Waals surface area contributed by atoms with E-state index >= 15 is 0 Å². The van der Waals surface area contributed by atoms with Gasteiger partial charge in [0, 0.05) is 18.3 Å². The quantitative estimate of drug-likeness (QED) is 0.666. The summed E-state index contributed by atoms with van der Waals surface area (Å²) in [7, 11) is 2.93. The lowest BCUT2D eigenvalue weighted by atomic mass is 10.2. The molecule has 0 aliphatic rings. The second-order valence-corrected chi connectivity index (χ2v) is 5.43. The SMILES string of the molecule is COc1ccc(C(=O)OCC(=O)N(CCC#N)c2ccccc2)c(OC)c1. The number of amides is 1. The van der Waals surface area contributed by atoms with Crippen LogP contribution in [0.5, 0.6) is 11.5 Å². The van der Waals surface area contributed by atoms with E-state index in [-0.39, 0.29) is 24.3 Å². The lowest BCUT2D eigenvalue weighted by Crippen LogP contribution is -2.35. The summed E-state index contributed by atoms with van der Waals surface area (Å²) in [5, 5.41) is 8.81. The maximum absolute atomic E-state index is 12.5. The Balaban J connectivity index is 2.08. The van der Waals surface area contributed by atoms with Crippen LogP contribution >= 0.6 is 0 Å². The molecule has 0 aliphatic heterocycles. The molecule has 0 bridgehead atoms. The van der Waals surface area contributed by atoms with Gasteiger partial charge >= 0.3 is 5.97 Å². The van der Waals surface area contributed by atoms with Crippen LogP contribution in [0.1, 0.15) is 16.8 Å². The number of methoxy groups -OCH3 is 2. The van der Waals surface area contributed by atoms with Crippen LogP contribution < -0.4 is 14.4 Å². The molecule has 0 unspecified atom stereocenters. The molecule has 7 nitrogen and oxygen atoms in total. The van der Waals surface area contributed by atoms with Crippen LogP contribution in [0.15, 0.2) is 48.5 Å². The number of nitriles is 1. The maximum Gasteiger partial charge on any atom is 0.342 e. The van der Waals surface area contributed by atoms with E-state index in [1.54, 1.807) is 36.4 Å². The summed E-state index contributed by atoms with van der Waals surface area (Å²) in [5.41, 5.74) is 0.824. The Morgan fingerprint density at radius 3 is 2.44 bits per heavy atom. The van der Waals surface area contributed by atoms with Crippen molar-refractivity contribution < 1.29 is 23.8 Å². The highest BCUT2D eigenvalue weighted by Crippen LogP contribution is 2.25. The Morgan fingerprint density at radius 2 is 1.81 bits per heavy atom. The summed E-state index contributed by atoms with van der Waals surface area (Å²) < 4.78 is 15.4. The largest absolute Gasteiger partial charge is 0.497 e. The molecule has 0 saturated heterocycles. The Kier molecular flexibility index (Phi) is 7.20. The summed E-state index contributed by atoms with van der Waals surface area (Å²) in [6.07, 6.45) is 0.168. The molecule has 2 aromatic rings. The van der Waals surface area contributed by atoms with E-state index in [1.807, 2.05) is 12.1 Å². The van der Waals surface area contributed by atoms with Crippen LogP contribution in [0.3, 0.4) is 0 Å². The molecular formula is C20H20N2O5. The third kappa shape index (κ3) is 5.22. The number of esters is 1. The molecule has 140 valence electrons. The molecule has 0 atom stereocenters. The number of carbonyl (C=O) groups excluding carboxylic acids is 2. The van der Waals surface area contributed by atoms with E-state index in [0.717, 1.165) is 0 Å². The molecule has 0 heterocycles. The van der Waals surface area contributed by atoms with Crippen molar-refractivity contribution in [3.8, 4) is 17.6 Å². The third-order valence-corrected chi connectivity index (χ3v) is 3.77. The van der Waals surface area contributed by atoms with Gasteiger partial charge in [0.15, 0.2) is 6.61 Å². The van der Waals surface area contributed by atoms with Crippen LogP contribution in [0.4, 0.5) is 5.69 Å². The summed E-state index contributed by atoms with van der Waals surface area (Å²) in [6, 6.07) is 15.6. The molecule has 27 heavy (non-hydrogen) atoms. The fourth-order valence-electron chi connectivity index (χ4n) is 2.42. The van der Waals surface area contributed by atoms with Gasteiger partial charge in [-0.3, -0.25) is 4.79 Å². The van der Waals surface area contributed by atoms with Crippen LogP contribution in [0.25, 0.3) is 0 Å². The molecule has 0 radical (unpaired) electrons. The Labute approximate surface area is 157 Å². The number of para-hydroxylation sites is 1. The molecule has 0 saturated carbocycles. The van der Waals surface area contributed by atoms with Gasteiger partial charge in [-0.25, -0.2) is 4.79 Å². The lowest BCUT2D eigenvalue weighted by Gasteiger charge is -2.21. The second-order valence-electron chi connectivity index (χ2n) is 5.43. The van der Waals surface area contributed by atoms with Gasteiger partial charge < -0.3 is 19.1 Å². The molecule has 2 aromatic carbocycles.